The molecule has 0 unspecified atom stereocenters. The van der Waals surface area contributed by atoms with E-state index in [9.17, 15) is 24.8 Å². The van der Waals surface area contributed by atoms with Gasteiger partial charge in [0, 0.05) is 6.07 Å². The molecule has 0 heterocycles. The number of carbonyl (C=O) groups excluding carboxylic acids is 2. The van der Waals surface area contributed by atoms with Crippen molar-refractivity contribution in [3.63, 3.8) is 0 Å². The van der Waals surface area contributed by atoms with E-state index in [1.54, 1.807) is 51.1 Å². The Kier molecular flexibility index (Phi) is 7.48. The van der Waals surface area contributed by atoms with Crippen LogP contribution in [0.5, 0.6) is 0 Å². The van der Waals surface area contributed by atoms with Crippen molar-refractivity contribution < 1.29 is 29.1 Å². The first kappa shape index (κ1) is 22.8. The number of rotatable bonds is 7. The summed E-state index contributed by atoms with van der Waals surface area (Å²) in [6.07, 6.45) is -2.84. The lowest BCUT2D eigenvalue weighted by Gasteiger charge is -2.26. The van der Waals surface area contributed by atoms with Crippen molar-refractivity contribution in [3.8, 4) is 0 Å². The third-order valence-electron chi connectivity index (χ3n) is 3.92. The first-order valence-electron chi connectivity index (χ1n) is 9.20. The lowest BCUT2D eigenvalue weighted by molar-refractivity contribution is -0.385. The fourth-order valence-electron chi connectivity index (χ4n) is 2.63. The number of nitro groups is 1. The maximum absolute atomic E-state index is 12.4. The molecule has 9 heteroatoms. The van der Waals surface area contributed by atoms with Crippen LogP contribution in [0, 0.1) is 10.1 Å². The minimum Gasteiger partial charge on any atom is -0.459 e. The molecule has 2 rings (SSSR count). The van der Waals surface area contributed by atoms with E-state index in [-0.39, 0.29) is 17.9 Å². The van der Waals surface area contributed by atoms with Gasteiger partial charge in [-0.05, 0) is 32.4 Å². The van der Waals surface area contributed by atoms with Crippen LogP contribution in [0.25, 0.3) is 0 Å². The summed E-state index contributed by atoms with van der Waals surface area (Å²) >= 11 is 0. The lowest BCUT2D eigenvalue weighted by Crippen LogP contribution is -2.43. The van der Waals surface area contributed by atoms with Gasteiger partial charge in [-0.1, -0.05) is 42.5 Å². The Morgan fingerprint density at radius 1 is 1.10 bits per heavy atom. The Hall–Kier alpha value is -3.46. The molecule has 0 aromatic heterocycles. The largest absolute Gasteiger partial charge is 0.459 e. The van der Waals surface area contributed by atoms with Crippen LogP contribution in [0.3, 0.4) is 0 Å². The Bertz CT molecular complexity index is 894. The number of aliphatic hydroxyl groups excluding tert-OH is 1. The van der Waals surface area contributed by atoms with Crippen LogP contribution in [0.4, 0.5) is 10.5 Å². The fraction of sp³-hybridized carbons (Fsp3) is 0.333. The summed E-state index contributed by atoms with van der Waals surface area (Å²) in [5.74, 6) is -1.04. The van der Waals surface area contributed by atoms with Crippen LogP contribution >= 0.6 is 0 Å². The minimum atomic E-state index is -1.90. The van der Waals surface area contributed by atoms with Crippen molar-refractivity contribution in [2.75, 3.05) is 0 Å². The molecular formula is C21H24N2O7. The van der Waals surface area contributed by atoms with Crippen molar-refractivity contribution in [3.05, 3.63) is 75.8 Å². The first-order chi connectivity index (χ1) is 14.1. The van der Waals surface area contributed by atoms with Gasteiger partial charge in [0.2, 0.25) is 0 Å². The van der Waals surface area contributed by atoms with Gasteiger partial charge in [-0.15, -0.1) is 0 Å². The molecule has 9 nitrogen and oxygen atoms in total. The molecule has 1 amide bonds. The molecule has 0 aliphatic heterocycles. The molecule has 2 atom stereocenters. The van der Waals surface area contributed by atoms with Gasteiger partial charge in [0.25, 0.3) is 5.69 Å². The predicted molar refractivity (Wildman–Crippen MR) is 107 cm³/mol. The van der Waals surface area contributed by atoms with Crippen LogP contribution in [-0.2, 0) is 20.9 Å². The van der Waals surface area contributed by atoms with E-state index >= 15 is 0 Å². The summed E-state index contributed by atoms with van der Waals surface area (Å²) in [6.45, 7) is 4.80. The number of nitro benzene ring substituents is 1. The van der Waals surface area contributed by atoms with Crippen LogP contribution in [0.15, 0.2) is 54.6 Å². The highest BCUT2D eigenvalue weighted by atomic mass is 16.6. The van der Waals surface area contributed by atoms with Crippen LogP contribution in [0.1, 0.15) is 37.9 Å². The summed E-state index contributed by atoms with van der Waals surface area (Å²) in [5, 5.41) is 24.4. The van der Waals surface area contributed by atoms with Gasteiger partial charge in [-0.25, -0.2) is 9.59 Å². The average Bonchev–Trinajstić information content (AvgIpc) is 2.69. The third kappa shape index (κ3) is 6.56. The van der Waals surface area contributed by atoms with Crippen molar-refractivity contribution >= 4 is 17.7 Å². The molecule has 0 saturated heterocycles. The van der Waals surface area contributed by atoms with E-state index in [1.807, 2.05) is 0 Å². The smallest absolute Gasteiger partial charge is 0.408 e. The van der Waals surface area contributed by atoms with E-state index in [1.165, 1.54) is 24.3 Å². The zero-order valence-electron chi connectivity index (χ0n) is 16.9. The van der Waals surface area contributed by atoms with E-state index in [4.69, 9.17) is 9.47 Å². The number of benzene rings is 2. The quantitative estimate of drug-likeness (QED) is 0.403. The predicted octanol–water partition coefficient (Wildman–Crippen LogP) is 3.26. The molecule has 0 aliphatic carbocycles. The summed E-state index contributed by atoms with van der Waals surface area (Å²) in [5.41, 5.74) is -0.581. The van der Waals surface area contributed by atoms with Crippen molar-refractivity contribution in [1.82, 2.24) is 5.32 Å². The molecule has 2 aromatic rings. The van der Waals surface area contributed by atoms with Crippen LogP contribution in [0.2, 0.25) is 0 Å². The van der Waals surface area contributed by atoms with Gasteiger partial charge in [0.15, 0.2) is 6.10 Å². The van der Waals surface area contributed by atoms with E-state index in [0.717, 1.165) is 0 Å². The lowest BCUT2D eigenvalue weighted by atomic mass is 9.99. The summed E-state index contributed by atoms with van der Waals surface area (Å²) in [4.78, 5) is 35.5. The Morgan fingerprint density at radius 2 is 1.70 bits per heavy atom. The normalized spacial score (nSPS) is 13.1. The average molecular weight is 416 g/mol. The highest BCUT2D eigenvalue weighted by Gasteiger charge is 2.35. The number of aliphatic hydroxyl groups is 1. The number of esters is 1. The second kappa shape index (κ2) is 9.84. The van der Waals surface area contributed by atoms with Gasteiger partial charge < -0.3 is 19.9 Å². The maximum atomic E-state index is 12.4. The molecule has 0 saturated carbocycles. The Labute approximate surface area is 173 Å². The number of carbonyl (C=O) groups is 2. The van der Waals surface area contributed by atoms with Gasteiger partial charge in [-0.3, -0.25) is 10.1 Å². The number of nitrogens with zero attached hydrogens (tertiary/aromatic N) is 1. The highest BCUT2D eigenvalue weighted by Crippen LogP contribution is 2.28. The second-order valence-electron chi connectivity index (χ2n) is 7.48. The first-order valence-corrected chi connectivity index (χ1v) is 9.20. The monoisotopic (exact) mass is 416 g/mol. The van der Waals surface area contributed by atoms with E-state index in [2.05, 4.69) is 5.32 Å². The summed E-state index contributed by atoms with van der Waals surface area (Å²) < 4.78 is 10.3. The third-order valence-corrected chi connectivity index (χ3v) is 3.92. The topological polar surface area (TPSA) is 128 Å². The molecule has 0 bridgehead atoms. The molecule has 2 aromatic carbocycles. The van der Waals surface area contributed by atoms with Gasteiger partial charge in [0.1, 0.15) is 18.2 Å². The van der Waals surface area contributed by atoms with Crippen molar-refractivity contribution in [2.45, 2.75) is 45.1 Å². The molecule has 30 heavy (non-hydrogen) atoms. The second-order valence-corrected chi connectivity index (χ2v) is 7.48. The van der Waals surface area contributed by atoms with Crippen LogP contribution < -0.4 is 5.32 Å². The zero-order chi connectivity index (χ0) is 22.3. The van der Waals surface area contributed by atoms with Crippen molar-refractivity contribution in [1.29, 1.82) is 0 Å². The number of nitrogens with one attached hydrogen (secondary N) is 1. The molecule has 160 valence electrons. The number of amides is 1. The van der Waals surface area contributed by atoms with Crippen LogP contribution in [-0.4, -0.2) is 33.8 Å². The van der Waals surface area contributed by atoms with Gasteiger partial charge in [0.05, 0.1) is 10.5 Å². The number of hydrogen-bond donors (Lipinski definition) is 2. The fourth-order valence-corrected chi connectivity index (χ4v) is 2.63. The molecule has 0 spiro atoms. The molecule has 0 aliphatic rings. The zero-order valence-corrected chi connectivity index (χ0v) is 16.9. The number of hydrogen-bond acceptors (Lipinski definition) is 7. The van der Waals surface area contributed by atoms with E-state index in [0.29, 0.717) is 5.56 Å². The highest BCUT2D eigenvalue weighted by molar-refractivity contribution is 5.78. The number of alkyl carbamates (subject to hydrolysis) is 1. The minimum absolute atomic E-state index is 0.0579. The molecular weight excluding hydrogens is 392 g/mol. The SMILES string of the molecule is CC(C)(C)OC(=O)N[C@@H](c1ccccc1[N+](=O)[O-])[C@@H](O)C(=O)OCc1ccccc1. The van der Waals surface area contributed by atoms with Gasteiger partial charge in [-0.2, -0.15) is 0 Å². The van der Waals surface area contributed by atoms with Crippen molar-refractivity contribution in [2.24, 2.45) is 0 Å². The summed E-state index contributed by atoms with van der Waals surface area (Å²) in [7, 11) is 0. The van der Waals surface area contributed by atoms with E-state index < -0.39 is 34.7 Å². The molecule has 0 fully saturated rings. The maximum Gasteiger partial charge on any atom is 0.408 e. The molecule has 0 radical (unpaired) electrons. The number of ether oxygens (including phenoxy) is 2. The van der Waals surface area contributed by atoms with Gasteiger partial charge >= 0.3 is 12.1 Å². The molecule has 2 N–H and O–H groups in total. The Balaban J connectivity index is 2.27. The standard InChI is InChI=1S/C21H24N2O7/c1-21(2,3)30-20(26)22-17(15-11-7-8-12-16(15)23(27)28)18(24)19(25)29-13-14-9-5-4-6-10-14/h4-12,17-18,24H,13H2,1-3H3,(H,22,26)/t17-,18+/m0/s1. The number of para-hydroxylation sites is 1. The summed E-state index contributed by atoms with van der Waals surface area (Å²) in [6, 6.07) is 12.8. The Morgan fingerprint density at radius 3 is 2.30 bits per heavy atom.